The Hall–Kier alpha value is -1.62. The third-order valence-corrected chi connectivity index (χ3v) is 2.29. The summed E-state index contributed by atoms with van der Waals surface area (Å²) in [5.41, 5.74) is 0.863. The third-order valence-electron chi connectivity index (χ3n) is 2.29. The monoisotopic (exact) mass is 234 g/mol. The van der Waals surface area contributed by atoms with Crippen molar-refractivity contribution < 1.29 is 4.42 Å². The van der Waals surface area contributed by atoms with E-state index in [4.69, 9.17) is 4.42 Å². The number of nitrogens with zero attached hydrogens (tertiary/aromatic N) is 3. The van der Waals surface area contributed by atoms with Gasteiger partial charge < -0.3 is 9.73 Å². The molecule has 5 heteroatoms. The zero-order valence-corrected chi connectivity index (χ0v) is 10.7. The van der Waals surface area contributed by atoms with Gasteiger partial charge in [-0.15, -0.1) is 0 Å². The van der Waals surface area contributed by atoms with Crippen molar-refractivity contribution in [3.63, 3.8) is 0 Å². The van der Waals surface area contributed by atoms with E-state index in [0.717, 1.165) is 5.69 Å². The van der Waals surface area contributed by atoms with E-state index in [-0.39, 0.29) is 5.54 Å². The molecule has 2 aromatic heterocycles. The Bertz CT molecular complexity index is 493. The van der Waals surface area contributed by atoms with Gasteiger partial charge in [-0.05, 0) is 26.8 Å². The fourth-order valence-corrected chi connectivity index (χ4v) is 1.40. The molecular formula is C12H18N4O. The van der Waals surface area contributed by atoms with Crippen molar-refractivity contribution in [2.45, 2.75) is 32.9 Å². The standard InChI is InChI=1S/C12H18N4O/c1-12(2,3)14-8-11-13-7-10(17-11)9-5-6-16(4)15-9/h5-7,14H,8H2,1-4H3. The summed E-state index contributed by atoms with van der Waals surface area (Å²) in [5.74, 6) is 1.39. The molecule has 1 N–H and O–H groups in total. The van der Waals surface area contributed by atoms with Gasteiger partial charge in [-0.1, -0.05) is 0 Å². The second-order valence-electron chi connectivity index (χ2n) is 5.10. The van der Waals surface area contributed by atoms with E-state index >= 15 is 0 Å². The average molecular weight is 234 g/mol. The van der Waals surface area contributed by atoms with Gasteiger partial charge in [0.1, 0.15) is 5.69 Å². The first kappa shape index (κ1) is 11.9. The molecule has 0 amide bonds. The van der Waals surface area contributed by atoms with Crippen molar-refractivity contribution in [1.29, 1.82) is 0 Å². The molecule has 2 rings (SSSR count). The van der Waals surface area contributed by atoms with Gasteiger partial charge in [0.2, 0.25) is 5.89 Å². The van der Waals surface area contributed by atoms with E-state index in [2.05, 4.69) is 36.2 Å². The molecule has 0 fully saturated rings. The van der Waals surface area contributed by atoms with Crippen molar-refractivity contribution in [3.05, 3.63) is 24.4 Å². The fourth-order valence-electron chi connectivity index (χ4n) is 1.40. The van der Waals surface area contributed by atoms with Crippen LogP contribution in [0.2, 0.25) is 0 Å². The highest BCUT2D eigenvalue weighted by Gasteiger charge is 2.12. The Balaban J connectivity index is 2.06. The molecule has 0 saturated carbocycles. The predicted octanol–water partition coefficient (Wildman–Crippen LogP) is 1.96. The van der Waals surface area contributed by atoms with Crippen LogP contribution in [0.15, 0.2) is 22.9 Å². The molecule has 17 heavy (non-hydrogen) atoms. The minimum absolute atomic E-state index is 0.0552. The summed E-state index contributed by atoms with van der Waals surface area (Å²) in [4.78, 5) is 4.23. The molecule has 0 spiro atoms. The smallest absolute Gasteiger partial charge is 0.208 e. The molecule has 2 aromatic rings. The maximum absolute atomic E-state index is 5.63. The van der Waals surface area contributed by atoms with Gasteiger partial charge in [-0.2, -0.15) is 5.10 Å². The molecule has 0 unspecified atom stereocenters. The second-order valence-corrected chi connectivity index (χ2v) is 5.10. The molecule has 5 nitrogen and oxygen atoms in total. The first-order valence-corrected chi connectivity index (χ1v) is 5.64. The maximum atomic E-state index is 5.63. The summed E-state index contributed by atoms with van der Waals surface area (Å²) in [6.45, 7) is 6.94. The number of rotatable bonds is 3. The topological polar surface area (TPSA) is 55.9 Å². The van der Waals surface area contributed by atoms with Crippen molar-refractivity contribution >= 4 is 0 Å². The summed E-state index contributed by atoms with van der Waals surface area (Å²) in [6, 6.07) is 1.90. The molecule has 0 aliphatic heterocycles. The Kier molecular flexibility index (Phi) is 3.02. The van der Waals surface area contributed by atoms with Gasteiger partial charge in [0.15, 0.2) is 5.76 Å². The van der Waals surface area contributed by atoms with E-state index in [9.17, 15) is 0 Å². The lowest BCUT2D eigenvalue weighted by atomic mass is 10.1. The quantitative estimate of drug-likeness (QED) is 0.882. The van der Waals surface area contributed by atoms with Gasteiger partial charge in [-0.25, -0.2) is 4.98 Å². The molecule has 0 aromatic carbocycles. The molecule has 0 aliphatic carbocycles. The summed E-state index contributed by atoms with van der Waals surface area (Å²) in [5, 5.41) is 7.59. The highest BCUT2D eigenvalue weighted by Crippen LogP contribution is 2.17. The van der Waals surface area contributed by atoms with Crippen molar-refractivity contribution in [1.82, 2.24) is 20.1 Å². The summed E-state index contributed by atoms with van der Waals surface area (Å²) in [6.07, 6.45) is 3.59. The highest BCUT2D eigenvalue weighted by molar-refractivity contribution is 5.49. The predicted molar refractivity (Wildman–Crippen MR) is 65.3 cm³/mol. The van der Waals surface area contributed by atoms with Crippen LogP contribution in [0.25, 0.3) is 11.5 Å². The molecular weight excluding hydrogens is 216 g/mol. The van der Waals surface area contributed by atoms with Crippen LogP contribution in [0.1, 0.15) is 26.7 Å². The van der Waals surface area contributed by atoms with Crippen LogP contribution in [0.4, 0.5) is 0 Å². The van der Waals surface area contributed by atoms with Gasteiger partial charge >= 0.3 is 0 Å². The van der Waals surface area contributed by atoms with Gasteiger partial charge in [-0.3, -0.25) is 4.68 Å². The van der Waals surface area contributed by atoms with Crippen LogP contribution >= 0.6 is 0 Å². The lowest BCUT2D eigenvalue weighted by molar-refractivity contribution is 0.383. The molecule has 0 atom stereocenters. The van der Waals surface area contributed by atoms with Gasteiger partial charge in [0.25, 0.3) is 0 Å². The van der Waals surface area contributed by atoms with E-state index in [0.29, 0.717) is 18.2 Å². The van der Waals surface area contributed by atoms with Crippen LogP contribution in [-0.4, -0.2) is 20.3 Å². The highest BCUT2D eigenvalue weighted by atomic mass is 16.4. The Morgan fingerprint density at radius 3 is 2.76 bits per heavy atom. The van der Waals surface area contributed by atoms with E-state index in [1.165, 1.54) is 0 Å². The number of oxazole rings is 1. The number of aromatic nitrogens is 3. The van der Waals surface area contributed by atoms with Crippen molar-refractivity contribution in [3.8, 4) is 11.5 Å². The van der Waals surface area contributed by atoms with Crippen LogP contribution in [-0.2, 0) is 13.6 Å². The van der Waals surface area contributed by atoms with E-state index in [1.54, 1.807) is 10.9 Å². The first-order valence-electron chi connectivity index (χ1n) is 5.64. The molecule has 2 heterocycles. The normalized spacial score (nSPS) is 12.0. The fraction of sp³-hybridized carbons (Fsp3) is 0.500. The molecule has 0 saturated heterocycles. The largest absolute Gasteiger partial charge is 0.438 e. The number of hydrogen-bond acceptors (Lipinski definition) is 4. The van der Waals surface area contributed by atoms with Crippen LogP contribution in [0.3, 0.4) is 0 Å². The summed E-state index contributed by atoms with van der Waals surface area (Å²) >= 11 is 0. The van der Waals surface area contributed by atoms with Crippen molar-refractivity contribution in [2.24, 2.45) is 7.05 Å². The second kappa shape index (κ2) is 4.33. The van der Waals surface area contributed by atoms with E-state index in [1.807, 2.05) is 19.3 Å². The Morgan fingerprint density at radius 2 is 2.18 bits per heavy atom. The minimum atomic E-state index is 0.0552. The number of nitrogens with one attached hydrogen (secondary N) is 1. The summed E-state index contributed by atoms with van der Waals surface area (Å²) < 4.78 is 7.37. The lowest BCUT2D eigenvalue weighted by Crippen LogP contribution is -2.35. The van der Waals surface area contributed by atoms with Crippen molar-refractivity contribution in [2.75, 3.05) is 0 Å². The van der Waals surface area contributed by atoms with Gasteiger partial charge in [0.05, 0.1) is 12.7 Å². The van der Waals surface area contributed by atoms with Crippen LogP contribution in [0.5, 0.6) is 0 Å². The van der Waals surface area contributed by atoms with Crippen LogP contribution < -0.4 is 5.32 Å². The molecule has 0 radical (unpaired) electrons. The molecule has 0 bridgehead atoms. The zero-order valence-electron chi connectivity index (χ0n) is 10.7. The minimum Gasteiger partial charge on any atom is -0.438 e. The molecule has 92 valence electrons. The van der Waals surface area contributed by atoms with E-state index < -0.39 is 0 Å². The third kappa shape index (κ3) is 3.17. The molecule has 0 aliphatic rings. The maximum Gasteiger partial charge on any atom is 0.208 e. The lowest BCUT2D eigenvalue weighted by Gasteiger charge is -2.18. The first-order chi connectivity index (χ1) is 7.94. The Labute approximate surface area is 101 Å². The number of aryl methyl sites for hydroxylation is 1. The zero-order chi connectivity index (χ0) is 12.5. The summed E-state index contributed by atoms with van der Waals surface area (Å²) in [7, 11) is 1.88. The van der Waals surface area contributed by atoms with Gasteiger partial charge in [0, 0.05) is 18.8 Å². The SMILES string of the molecule is Cn1ccc(-c2cnc(CNC(C)(C)C)o2)n1. The number of hydrogen-bond donors (Lipinski definition) is 1. The van der Waals surface area contributed by atoms with Crippen LogP contribution in [0, 0.1) is 0 Å². The average Bonchev–Trinajstić information content (AvgIpc) is 2.81. The Morgan fingerprint density at radius 1 is 1.41 bits per heavy atom.